The number of hydrogen-bond donors (Lipinski definition) is 1. The Morgan fingerprint density at radius 1 is 0.667 bits per heavy atom. The third kappa shape index (κ3) is 1.16. The third-order valence-electron chi connectivity index (χ3n) is 3.65. The van der Waals surface area contributed by atoms with Crippen LogP contribution in [0.25, 0.3) is 33.0 Å². The van der Waals surface area contributed by atoms with E-state index in [4.69, 9.17) is 0 Å². The van der Waals surface area contributed by atoms with E-state index in [0.717, 1.165) is 5.69 Å². The maximum atomic E-state index is 3.33. The van der Waals surface area contributed by atoms with Crippen LogP contribution in [-0.4, -0.2) is 0 Å². The lowest BCUT2D eigenvalue weighted by Crippen LogP contribution is -1.83. The summed E-state index contributed by atoms with van der Waals surface area (Å²) >= 11 is 3.33. The molecule has 2 heteroatoms. The zero-order chi connectivity index (χ0) is 12.1. The molecule has 0 unspecified atom stereocenters. The molecule has 0 amide bonds. The molecule has 86 valence electrons. The van der Waals surface area contributed by atoms with Crippen LogP contribution in [-0.2, 0) is 0 Å². The second kappa shape index (κ2) is 3.59. The molecule has 3 aromatic carbocycles. The Balaban J connectivity index is 2.23. The summed E-state index contributed by atoms with van der Waals surface area (Å²) < 4.78 is 3.09. The van der Waals surface area contributed by atoms with Crippen LogP contribution in [0.5, 0.6) is 0 Å². The summed E-state index contributed by atoms with van der Waals surface area (Å²) in [5.41, 5.74) is 6.46. The summed E-state index contributed by atoms with van der Waals surface area (Å²) in [5, 5.41) is 2.61. The number of hydrogen-bond acceptors (Lipinski definition) is 1. The average Bonchev–Trinajstić information content (AvgIpc) is 2.77. The molecule has 0 aliphatic heterocycles. The van der Waals surface area contributed by atoms with Crippen molar-refractivity contribution in [3.63, 3.8) is 0 Å². The Morgan fingerprint density at radius 2 is 1.33 bits per heavy atom. The van der Waals surface area contributed by atoms with Gasteiger partial charge in [0, 0.05) is 21.5 Å². The smallest absolute Gasteiger partial charge is 0.0520 e. The molecule has 0 aromatic heterocycles. The summed E-state index contributed by atoms with van der Waals surface area (Å²) in [4.78, 5) is 0. The molecular weight excluding hydrogens is 286 g/mol. The number of halogens is 1. The molecule has 1 aliphatic carbocycles. The number of benzene rings is 3. The van der Waals surface area contributed by atoms with Gasteiger partial charge in [0.05, 0.1) is 5.69 Å². The molecule has 18 heavy (non-hydrogen) atoms. The maximum Gasteiger partial charge on any atom is 0.0520 e. The monoisotopic (exact) mass is 295 g/mol. The zero-order valence-corrected chi connectivity index (χ0v) is 11.2. The Labute approximate surface area is 114 Å². The molecule has 1 aliphatic rings. The minimum Gasteiger partial charge on any atom is -0.322 e. The molecule has 0 atom stereocenters. The van der Waals surface area contributed by atoms with E-state index in [1.165, 1.54) is 33.0 Å². The number of rotatable bonds is 1. The van der Waals surface area contributed by atoms with Crippen LogP contribution < -0.4 is 4.34 Å². The lowest BCUT2D eigenvalue weighted by Gasteiger charge is -2.07. The summed E-state index contributed by atoms with van der Waals surface area (Å²) in [7, 11) is 0. The fourth-order valence-electron chi connectivity index (χ4n) is 2.89. The molecule has 1 N–H and O–H groups in total. The van der Waals surface area contributed by atoms with Crippen molar-refractivity contribution in [2.75, 3.05) is 4.34 Å². The fourth-order valence-corrected chi connectivity index (χ4v) is 3.24. The Bertz CT molecular complexity index is 748. The highest BCUT2D eigenvalue weighted by molar-refractivity contribution is 9.10. The molecule has 0 saturated heterocycles. The Morgan fingerprint density at radius 3 is 2.06 bits per heavy atom. The van der Waals surface area contributed by atoms with E-state index in [1.54, 1.807) is 0 Å². The first-order chi connectivity index (χ1) is 8.90. The largest absolute Gasteiger partial charge is 0.322 e. The summed E-state index contributed by atoms with van der Waals surface area (Å²) in [6, 6.07) is 19.4. The van der Waals surface area contributed by atoms with Crippen LogP contribution in [0.1, 0.15) is 0 Å². The topological polar surface area (TPSA) is 12.0 Å². The lowest BCUT2D eigenvalue weighted by atomic mass is 10.0. The lowest BCUT2D eigenvalue weighted by molar-refractivity contribution is 1.70. The Kier molecular flexibility index (Phi) is 2.03. The summed E-state index contributed by atoms with van der Waals surface area (Å²) in [6.07, 6.45) is 0. The molecule has 3 aromatic rings. The van der Waals surface area contributed by atoms with Crippen molar-refractivity contribution in [2.24, 2.45) is 0 Å². The quantitative estimate of drug-likeness (QED) is 0.475. The van der Waals surface area contributed by atoms with Crippen LogP contribution in [0, 0.1) is 0 Å². The second-order valence-corrected chi connectivity index (χ2v) is 4.93. The normalized spacial score (nSPS) is 11.6. The van der Waals surface area contributed by atoms with Crippen LogP contribution >= 0.6 is 16.1 Å². The van der Waals surface area contributed by atoms with Crippen LogP contribution in [0.2, 0.25) is 0 Å². The van der Waals surface area contributed by atoms with Gasteiger partial charge in [-0.05, 0) is 33.7 Å². The van der Waals surface area contributed by atoms with Crippen molar-refractivity contribution in [3.8, 4) is 22.3 Å². The van der Waals surface area contributed by atoms with E-state index in [2.05, 4.69) is 75.1 Å². The maximum absolute atomic E-state index is 3.33. The number of nitrogens with one attached hydrogen (secondary N) is 1. The van der Waals surface area contributed by atoms with Gasteiger partial charge in [0.2, 0.25) is 0 Å². The molecule has 0 radical (unpaired) electrons. The van der Waals surface area contributed by atoms with Crippen LogP contribution in [0.3, 0.4) is 0 Å². The molecule has 1 nitrogen and oxygen atoms in total. The van der Waals surface area contributed by atoms with Crippen LogP contribution in [0.15, 0.2) is 54.6 Å². The van der Waals surface area contributed by atoms with Gasteiger partial charge in [0.1, 0.15) is 0 Å². The van der Waals surface area contributed by atoms with E-state index >= 15 is 0 Å². The third-order valence-corrected chi connectivity index (χ3v) is 4.08. The molecule has 0 bridgehead atoms. The number of anilines is 1. The highest BCUT2D eigenvalue weighted by Gasteiger charge is 2.21. The van der Waals surface area contributed by atoms with Gasteiger partial charge in [0.15, 0.2) is 0 Å². The van der Waals surface area contributed by atoms with Crippen LogP contribution in [0.4, 0.5) is 5.69 Å². The standard InChI is InChI=1S/C16H10BrN/c17-18-15-9-8-13-11-5-2-1-4-10(11)12-6-3-7-14(15)16(12)13/h1-9,18H. The highest BCUT2D eigenvalue weighted by Crippen LogP contribution is 2.48. The van der Waals surface area contributed by atoms with Gasteiger partial charge in [-0.15, -0.1) is 0 Å². The summed E-state index contributed by atoms with van der Waals surface area (Å²) in [6.45, 7) is 0. The van der Waals surface area contributed by atoms with Crippen molar-refractivity contribution in [3.05, 3.63) is 54.6 Å². The predicted octanol–water partition coefficient (Wildman–Crippen LogP) is 5.21. The van der Waals surface area contributed by atoms with Gasteiger partial charge in [-0.25, -0.2) is 0 Å². The molecule has 0 heterocycles. The van der Waals surface area contributed by atoms with Gasteiger partial charge < -0.3 is 4.34 Å². The predicted molar refractivity (Wildman–Crippen MR) is 80.9 cm³/mol. The average molecular weight is 296 g/mol. The molecule has 0 spiro atoms. The van der Waals surface area contributed by atoms with Crippen molar-refractivity contribution in [1.82, 2.24) is 0 Å². The molecule has 0 saturated carbocycles. The first kappa shape index (κ1) is 10.2. The minimum absolute atomic E-state index is 1.11. The van der Waals surface area contributed by atoms with Crippen molar-refractivity contribution in [1.29, 1.82) is 0 Å². The molecular formula is C16H10BrN. The summed E-state index contributed by atoms with van der Waals surface area (Å²) in [5.74, 6) is 0. The van der Waals surface area contributed by atoms with Gasteiger partial charge in [-0.3, -0.25) is 0 Å². The highest BCUT2D eigenvalue weighted by atomic mass is 79.9. The van der Waals surface area contributed by atoms with Crippen molar-refractivity contribution < 1.29 is 0 Å². The molecule has 0 fully saturated rings. The Hall–Kier alpha value is -1.80. The zero-order valence-electron chi connectivity index (χ0n) is 9.57. The van der Waals surface area contributed by atoms with Crippen molar-refractivity contribution in [2.45, 2.75) is 0 Å². The van der Waals surface area contributed by atoms with E-state index in [1.807, 2.05) is 0 Å². The second-order valence-electron chi connectivity index (χ2n) is 4.53. The first-order valence-corrected chi connectivity index (χ1v) is 6.71. The van der Waals surface area contributed by atoms with E-state index in [0.29, 0.717) is 0 Å². The SMILES string of the molecule is BrNc1ccc2c3c(cccc13)-c1ccccc1-2. The fraction of sp³-hybridized carbons (Fsp3) is 0. The van der Waals surface area contributed by atoms with Crippen molar-refractivity contribution >= 4 is 32.6 Å². The van der Waals surface area contributed by atoms with Gasteiger partial charge in [-0.2, -0.15) is 0 Å². The molecule has 4 rings (SSSR count). The van der Waals surface area contributed by atoms with E-state index < -0.39 is 0 Å². The first-order valence-electron chi connectivity index (χ1n) is 5.92. The van der Waals surface area contributed by atoms with E-state index in [-0.39, 0.29) is 0 Å². The van der Waals surface area contributed by atoms with Gasteiger partial charge in [0.25, 0.3) is 0 Å². The van der Waals surface area contributed by atoms with Gasteiger partial charge >= 0.3 is 0 Å². The van der Waals surface area contributed by atoms with E-state index in [9.17, 15) is 0 Å². The van der Waals surface area contributed by atoms with Gasteiger partial charge in [-0.1, -0.05) is 48.5 Å². The number of fused-ring (bicyclic) bond motifs is 3. The minimum atomic E-state index is 1.11.